The molecule has 106 valence electrons. The van der Waals surface area contributed by atoms with Gasteiger partial charge >= 0.3 is 5.97 Å². The van der Waals surface area contributed by atoms with E-state index in [0.717, 1.165) is 12.8 Å². The molecule has 1 aliphatic heterocycles. The van der Waals surface area contributed by atoms with E-state index >= 15 is 0 Å². The zero-order valence-corrected chi connectivity index (χ0v) is 12.0. The van der Waals surface area contributed by atoms with E-state index in [-0.39, 0.29) is 30.1 Å². The molecule has 1 unspecified atom stereocenters. The number of carbonyl (C=O) groups is 1. The first-order valence-electron chi connectivity index (χ1n) is 6.56. The molecule has 0 aromatic rings. The average molecular weight is 277 g/mol. The molecule has 1 fully saturated rings. The zero-order valence-electron chi connectivity index (χ0n) is 11.1. The molecule has 1 N–H and O–H groups in total. The molecule has 0 aromatic heterocycles. The van der Waals surface area contributed by atoms with Crippen molar-refractivity contribution < 1.29 is 17.9 Å². The van der Waals surface area contributed by atoms with Crippen LogP contribution in [0.3, 0.4) is 0 Å². The molecule has 0 saturated carbocycles. The fourth-order valence-corrected chi connectivity index (χ4v) is 3.68. The van der Waals surface area contributed by atoms with Crippen LogP contribution in [0.1, 0.15) is 33.1 Å². The van der Waals surface area contributed by atoms with Crippen LogP contribution in [0.4, 0.5) is 0 Å². The molecule has 0 aliphatic carbocycles. The first kappa shape index (κ1) is 15.4. The van der Waals surface area contributed by atoms with E-state index < -0.39 is 9.84 Å². The number of esters is 1. The maximum Gasteiger partial charge on any atom is 0.319 e. The van der Waals surface area contributed by atoms with Crippen molar-refractivity contribution in [3.63, 3.8) is 0 Å². The normalized spacial score (nSPS) is 22.3. The van der Waals surface area contributed by atoms with E-state index in [2.05, 4.69) is 19.2 Å². The van der Waals surface area contributed by atoms with Gasteiger partial charge < -0.3 is 10.1 Å². The van der Waals surface area contributed by atoms with Gasteiger partial charge in [-0.15, -0.1) is 0 Å². The SMILES string of the molecule is CCC(CC)COC(=O)CNC1CCS(=O)(=O)C1. The Bertz CT molecular complexity index is 362. The van der Waals surface area contributed by atoms with E-state index in [0.29, 0.717) is 18.9 Å². The van der Waals surface area contributed by atoms with Crippen LogP contribution in [0.15, 0.2) is 0 Å². The molecule has 18 heavy (non-hydrogen) atoms. The predicted molar refractivity (Wildman–Crippen MR) is 70.1 cm³/mol. The van der Waals surface area contributed by atoms with Crippen molar-refractivity contribution in [2.24, 2.45) is 5.92 Å². The Kier molecular flexibility index (Phi) is 6.08. The van der Waals surface area contributed by atoms with Gasteiger partial charge in [0.15, 0.2) is 9.84 Å². The molecule has 0 amide bonds. The Morgan fingerprint density at radius 1 is 1.39 bits per heavy atom. The van der Waals surface area contributed by atoms with Gasteiger partial charge in [0.1, 0.15) is 0 Å². The van der Waals surface area contributed by atoms with Gasteiger partial charge in [0.2, 0.25) is 0 Å². The predicted octanol–water partition coefficient (Wildman–Crippen LogP) is 0.743. The highest BCUT2D eigenvalue weighted by molar-refractivity contribution is 7.91. The highest BCUT2D eigenvalue weighted by Gasteiger charge is 2.27. The zero-order chi connectivity index (χ0) is 13.6. The third kappa shape index (κ3) is 5.35. The van der Waals surface area contributed by atoms with Crippen molar-refractivity contribution in [2.45, 2.75) is 39.2 Å². The maximum absolute atomic E-state index is 11.5. The Morgan fingerprint density at radius 2 is 2.06 bits per heavy atom. The average Bonchev–Trinajstić information content (AvgIpc) is 2.68. The molecule has 0 radical (unpaired) electrons. The topological polar surface area (TPSA) is 72.5 Å². The van der Waals surface area contributed by atoms with E-state index in [4.69, 9.17) is 4.74 Å². The maximum atomic E-state index is 11.5. The number of hydrogen-bond acceptors (Lipinski definition) is 5. The molecule has 1 aliphatic rings. The second kappa shape index (κ2) is 7.09. The van der Waals surface area contributed by atoms with Crippen LogP contribution in [0.2, 0.25) is 0 Å². The smallest absolute Gasteiger partial charge is 0.319 e. The largest absolute Gasteiger partial charge is 0.464 e. The summed E-state index contributed by atoms with van der Waals surface area (Å²) in [7, 11) is -2.89. The van der Waals surface area contributed by atoms with E-state index in [9.17, 15) is 13.2 Å². The van der Waals surface area contributed by atoms with E-state index in [1.54, 1.807) is 0 Å². The number of carbonyl (C=O) groups excluding carboxylic acids is 1. The molecular weight excluding hydrogens is 254 g/mol. The first-order valence-corrected chi connectivity index (χ1v) is 8.38. The van der Waals surface area contributed by atoms with Gasteiger partial charge in [-0.05, 0) is 12.3 Å². The lowest BCUT2D eigenvalue weighted by Gasteiger charge is -2.14. The number of rotatable bonds is 7. The van der Waals surface area contributed by atoms with Crippen molar-refractivity contribution in [1.82, 2.24) is 5.32 Å². The fraction of sp³-hybridized carbons (Fsp3) is 0.917. The van der Waals surface area contributed by atoms with Crippen LogP contribution < -0.4 is 5.32 Å². The summed E-state index contributed by atoms with van der Waals surface area (Å²) in [5.74, 6) is 0.465. The van der Waals surface area contributed by atoms with Crippen LogP contribution in [0, 0.1) is 5.92 Å². The summed E-state index contributed by atoms with van der Waals surface area (Å²) in [6, 6.07) is -0.101. The van der Waals surface area contributed by atoms with Gasteiger partial charge in [0.25, 0.3) is 0 Å². The van der Waals surface area contributed by atoms with Crippen LogP contribution >= 0.6 is 0 Å². The molecule has 1 heterocycles. The van der Waals surface area contributed by atoms with Crippen LogP contribution in [-0.4, -0.2) is 45.1 Å². The highest BCUT2D eigenvalue weighted by atomic mass is 32.2. The Balaban J connectivity index is 2.18. The van der Waals surface area contributed by atoms with Crippen molar-refractivity contribution in [1.29, 1.82) is 0 Å². The quantitative estimate of drug-likeness (QED) is 0.695. The molecule has 1 atom stereocenters. The molecule has 0 aromatic carbocycles. The summed E-state index contributed by atoms with van der Waals surface area (Å²) in [6.45, 7) is 4.70. The van der Waals surface area contributed by atoms with Gasteiger partial charge in [-0.3, -0.25) is 4.79 Å². The minimum atomic E-state index is -2.89. The summed E-state index contributed by atoms with van der Waals surface area (Å²) in [6.07, 6.45) is 2.58. The van der Waals surface area contributed by atoms with Gasteiger partial charge in [-0.2, -0.15) is 0 Å². The van der Waals surface area contributed by atoms with Crippen molar-refractivity contribution in [3.8, 4) is 0 Å². The van der Waals surface area contributed by atoms with E-state index in [1.807, 2.05) is 0 Å². The minimum Gasteiger partial charge on any atom is -0.464 e. The first-order chi connectivity index (χ1) is 8.46. The van der Waals surface area contributed by atoms with Gasteiger partial charge in [0.05, 0.1) is 24.7 Å². The molecular formula is C12H23NO4S. The molecule has 0 spiro atoms. The standard InChI is InChI=1S/C12H23NO4S/c1-3-10(4-2)8-17-12(14)7-13-11-5-6-18(15,16)9-11/h10-11,13H,3-9H2,1-2H3. The van der Waals surface area contributed by atoms with Crippen LogP contribution in [-0.2, 0) is 19.4 Å². The summed E-state index contributed by atoms with van der Waals surface area (Å²) in [5.41, 5.74) is 0. The lowest BCUT2D eigenvalue weighted by molar-refractivity contribution is -0.144. The molecule has 0 bridgehead atoms. The molecule has 5 nitrogen and oxygen atoms in total. The number of nitrogens with one attached hydrogen (secondary N) is 1. The van der Waals surface area contributed by atoms with Crippen molar-refractivity contribution >= 4 is 15.8 Å². The summed E-state index contributed by atoms with van der Waals surface area (Å²) < 4.78 is 27.6. The lowest BCUT2D eigenvalue weighted by Crippen LogP contribution is -2.35. The fourth-order valence-electron chi connectivity index (χ4n) is 1.97. The summed E-state index contributed by atoms with van der Waals surface area (Å²) in [5, 5.41) is 2.94. The van der Waals surface area contributed by atoms with Crippen molar-refractivity contribution in [2.75, 3.05) is 24.7 Å². The molecule has 1 rings (SSSR count). The highest BCUT2D eigenvalue weighted by Crippen LogP contribution is 2.11. The monoisotopic (exact) mass is 277 g/mol. The third-order valence-corrected chi connectivity index (χ3v) is 5.17. The van der Waals surface area contributed by atoms with E-state index in [1.165, 1.54) is 0 Å². The Labute approximate surface area is 109 Å². The number of hydrogen-bond donors (Lipinski definition) is 1. The summed E-state index contributed by atoms with van der Waals surface area (Å²) in [4.78, 5) is 11.5. The van der Waals surface area contributed by atoms with Crippen LogP contribution in [0.25, 0.3) is 0 Å². The number of ether oxygens (including phenoxy) is 1. The third-order valence-electron chi connectivity index (χ3n) is 3.40. The van der Waals surface area contributed by atoms with Gasteiger partial charge in [0, 0.05) is 6.04 Å². The second-order valence-corrected chi connectivity index (χ2v) is 7.08. The summed E-state index contributed by atoms with van der Waals surface area (Å²) >= 11 is 0. The van der Waals surface area contributed by atoms with Crippen molar-refractivity contribution in [3.05, 3.63) is 0 Å². The number of sulfone groups is 1. The second-order valence-electron chi connectivity index (χ2n) is 4.85. The van der Waals surface area contributed by atoms with Gasteiger partial charge in [-0.1, -0.05) is 26.7 Å². The Morgan fingerprint density at radius 3 is 2.56 bits per heavy atom. The van der Waals surface area contributed by atoms with Crippen LogP contribution in [0.5, 0.6) is 0 Å². The Hall–Kier alpha value is -0.620. The molecule has 1 saturated heterocycles. The van der Waals surface area contributed by atoms with Gasteiger partial charge in [-0.25, -0.2) is 8.42 Å². The lowest BCUT2D eigenvalue weighted by atomic mass is 10.1. The minimum absolute atomic E-state index is 0.0976. The molecule has 6 heteroatoms.